The van der Waals surface area contributed by atoms with E-state index in [1.165, 1.54) is 0 Å². The van der Waals surface area contributed by atoms with Crippen LogP contribution in [-0.2, 0) is 4.74 Å². The molecule has 88 valence electrons. The predicted molar refractivity (Wildman–Crippen MR) is 69.0 cm³/mol. The van der Waals surface area contributed by atoms with Crippen LogP contribution in [0, 0.1) is 0 Å². The van der Waals surface area contributed by atoms with E-state index >= 15 is 0 Å². The Labute approximate surface area is 113 Å². The molecule has 0 N–H and O–H groups in total. The molecule has 5 heteroatoms. The topological polar surface area (TPSA) is 18.5 Å². The molecule has 1 aliphatic rings. The third-order valence-corrected chi connectivity index (χ3v) is 4.34. The van der Waals surface area contributed by atoms with Crippen LogP contribution in [-0.4, -0.2) is 24.1 Å². The Morgan fingerprint density at radius 2 is 2.12 bits per heavy atom. The van der Waals surface area contributed by atoms with Crippen LogP contribution in [0.1, 0.15) is 6.42 Å². The van der Waals surface area contributed by atoms with Crippen molar-refractivity contribution in [3.8, 4) is 5.75 Å². The van der Waals surface area contributed by atoms with Gasteiger partial charge in [-0.25, -0.2) is 0 Å². The Hall–Kier alpha value is 0.0400. The molecule has 2 rings (SSSR count). The van der Waals surface area contributed by atoms with Crippen molar-refractivity contribution in [1.82, 2.24) is 0 Å². The molecule has 0 saturated heterocycles. The second-order valence-corrected chi connectivity index (χ2v) is 5.62. The average Bonchev–Trinajstić information content (AvgIpc) is 2.24. The van der Waals surface area contributed by atoms with Crippen molar-refractivity contribution in [1.29, 1.82) is 0 Å². The van der Waals surface area contributed by atoms with Gasteiger partial charge in [-0.3, -0.25) is 0 Å². The molecule has 1 aliphatic carbocycles. The van der Waals surface area contributed by atoms with E-state index in [0.717, 1.165) is 6.42 Å². The maximum atomic E-state index is 6.04. The molecule has 0 amide bonds. The highest BCUT2D eigenvalue weighted by Crippen LogP contribution is 2.38. The van der Waals surface area contributed by atoms with E-state index < -0.39 is 0 Å². The number of hydrogen-bond acceptors (Lipinski definition) is 2. The summed E-state index contributed by atoms with van der Waals surface area (Å²) in [5, 5.41) is 0.958. The molecular formula is C11H11BrCl2O2. The molecular weight excluding hydrogens is 315 g/mol. The molecule has 1 aromatic carbocycles. The Bertz CT molecular complexity index is 386. The van der Waals surface area contributed by atoms with Crippen LogP contribution in [0.2, 0.25) is 10.0 Å². The molecule has 1 aromatic rings. The maximum Gasteiger partial charge on any atom is 0.139 e. The minimum atomic E-state index is 0.0327. The second-order valence-electron chi connectivity index (χ2n) is 3.66. The van der Waals surface area contributed by atoms with E-state index in [1.807, 2.05) is 12.1 Å². The van der Waals surface area contributed by atoms with Crippen LogP contribution in [0.15, 0.2) is 18.2 Å². The van der Waals surface area contributed by atoms with Crippen molar-refractivity contribution in [2.75, 3.05) is 7.11 Å². The van der Waals surface area contributed by atoms with Gasteiger partial charge < -0.3 is 9.47 Å². The maximum absolute atomic E-state index is 6.04. The lowest BCUT2D eigenvalue weighted by Crippen LogP contribution is -2.51. The fraction of sp³-hybridized carbons (Fsp3) is 0.455. The van der Waals surface area contributed by atoms with E-state index in [9.17, 15) is 0 Å². The van der Waals surface area contributed by atoms with Gasteiger partial charge >= 0.3 is 0 Å². The Balaban J connectivity index is 2.07. The van der Waals surface area contributed by atoms with Gasteiger partial charge in [0.1, 0.15) is 23.0 Å². The normalized spacial score (nSPS) is 28.6. The van der Waals surface area contributed by atoms with Gasteiger partial charge in [0.2, 0.25) is 0 Å². The molecule has 0 aliphatic heterocycles. The van der Waals surface area contributed by atoms with E-state index in [0.29, 0.717) is 20.6 Å². The van der Waals surface area contributed by atoms with E-state index in [2.05, 4.69) is 15.9 Å². The molecule has 2 nitrogen and oxygen atoms in total. The van der Waals surface area contributed by atoms with E-state index in [1.54, 1.807) is 13.2 Å². The summed E-state index contributed by atoms with van der Waals surface area (Å²) in [5.41, 5.74) is 0. The second kappa shape index (κ2) is 5.13. The van der Waals surface area contributed by atoms with Crippen molar-refractivity contribution in [2.45, 2.75) is 23.5 Å². The summed E-state index contributed by atoms with van der Waals surface area (Å²) in [6.07, 6.45) is 1.00. The molecule has 0 aromatic heterocycles. The Morgan fingerprint density at radius 1 is 1.38 bits per heavy atom. The van der Waals surface area contributed by atoms with Gasteiger partial charge in [-0.05, 0) is 12.1 Å². The van der Waals surface area contributed by atoms with Crippen LogP contribution < -0.4 is 4.74 Å². The molecule has 16 heavy (non-hydrogen) atoms. The SMILES string of the molecule is COC1C(Br)CC1Oc1cccc(Cl)c1Cl. The number of alkyl halides is 1. The van der Waals surface area contributed by atoms with Gasteiger partial charge in [-0.2, -0.15) is 0 Å². The van der Waals surface area contributed by atoms with Gasteiger partial charge in [0.25, 0.3) is 0 Å². The quantitative estimate of drug-likeness (QED) is 0.784. The summed E-state index contributed by atoms with van der Waals surface area (Å²) in [6, 6.07) is 5.36. The van der Waals surface area contributed by atoms with Gasteiger partial charge in [-0.15, -0.1) is 0 Å². The third kappa shape index (κ3) is 2.33. The van der Waals surface area contributed by atoms with Crippen LogP contribution >= 0.6 is 39.1 Å². The molecule has 3 atom stereocenters. The number of methoxy groups -OCH3 is 1. The first-order valence-corrected chi connectivity index (χ1v) is 6.58. The standard InChI is InChI=1S/C11H11BrCl2O2/c1-15-11-6(12)5-9(11)16-8-4-2-3-7(13)10(8)14/h2-4,6,9,11H,5H2,1H3. The summed E-state index contributed by atoms with van der Waals surface area (Å²) in [7, 11) is 1.67. The highest BCUT2D eigenvalue weighted by molar-refractivity contribution is 9.09. The number of hydrogen-bond donors (Lipinski definition) is 0. The lowest BCUT2D eigenvalue weighted by molar-refractivity contribution is -0.0544. The number of halogens is 3. The fourth-order valence-corrected chi connectivity index (χ4v) is 2.94. The third-order valence-electron chi connectivity index (χ3n) is 2.65. The lowest BCUT2D eigenvalue weighted by atomic mass is 9.91. The zero-order valence-corrected chi connectivity index (χ0v) is 11.7. The summed E-state index contributed by atoms with van der Waals surface area (Å²) in [4.78, 5) is 0.348. The minimum absolute atomic E-state index is 0.0327. The molecule has 0 spiro atoms. The Morgan fingerprint density at radius 3 is 2.75 bits per heavy atom. The summed E-state index contributed by atoms with van der Waals surface area (Å²) in [5.74, 6) is 0.612. The first kappa shape index (κ1) is 12.5. The molecule has 3 unspecified atom stereocenters. The minimum Gasteiger partial charge on any atom is -0.486 e. The summed E-state index contributed by atoms with van der Waals surface area (Å²) >= 11 is 15.5. The van der Waals surface area contributed by atoms with Crippen LogP contribution in [0.4, 0.5) is 0 Å². The van der Waals surface area contributed by atoms with Crippen molar-refractivity contribution in [2.24, 2.45) is 0 Å². The fourth-order valence-electron chi connectivity index (χ4n) is 1.68. The molecule has 1 saturated carbocycles. The predicted octanol–water partition coefficient (Wildman–Crippen LogP) is 3.92. The Kier molecular flexibility index (Phi) is 4.01. The average molecular weight is 326 g/mol. The number of benzene rings is 1. The largest absolute Gasteiger partial charge is 0.486 e. The van der Waals surface area contributed by atoms with Crippen molar-refractivity contribution >= 4 is 39.1 Å². The number of rotatable bonds is 3. The van der Waals surface area contributed by atoms with E-state index in [4.69, 9.17) is 32.7 Å². The molecule has 0 radical (unpaired) electrons. The monoisotopic (exact) mass is 324 g/mol. The van der Waals surface area contributed by atoms with Crippen molar-refractivity contribution < 1.29 is 9.47 Å². The van der Waals surface area contributed by atoms with Crippen LogP contribution in [0.25, 0.3) is 0 Å². The summed E-state index contributed by atoms with van der Waals surface area (Å²) < 4.78 is 11.1. The zero-order valence-electron chi connectivity index (χ0n) is 8.62. The molecule has 0 bridgehead atoms. The van der Waals surface area contributed by atoms with Crippen LogP contribution in [0.5, 0.6) is 5.75 Å². The molecule has 0 heterocycles. The highest BCUT2D eigenvalue weighted by Gasteiger charge is 2.41. The first-order valence-electron chi connectivity index (χ1n) is 4.91. The van der Waals surface area contributed by atoms with Crippen LogP contribution in [0.3, 0.4) is 0 Å². The zero-order chi connectivity index (χ0) is 11.7. The highest BCUT2D eigenvalue weighted by atomic mass is 79.9. The van der Waals surface area contributed by atoms with Gasteiger partial charge in [-0.1, -0.05) is 45.2 Å². The van der Waals surface area contributed by atoms with E-state index in [-0.39, 0.29) is 12.2 Å². The number of ether oxygens (including phenoxy) is 2. The van der Waals surface area contributed by atoms with Crippen molar-refractivity contribution in [3.63, 3.8) is 0 Å². The van der Waals surface area contributed by atoms with Crippen molar-refractivity contribution in [3.05, 3.63) is 28.2 Å². The van der Waals surface area contributed by atoms with Gasteiger partial charge in [0.15, 0.2) is 0 Å². The van der Waals surface area contributed by atoms with Gasteiger partial charge in [0, 0.05) is 18.4 Å². The van der Waals surface area contributed by atoms with Gasteiger partial charge in [0.05, 0.1) is 5.02 Å². The molecule has 1 fully saturated rings. The summed E-state index contributed by atoms with van der Waals surface area (Å²) in [6.45, 7) is 0. The first-order chi connectivity index (χ1) is 7.63. The smallest absolute Gasteiger partial charge is 0.139 e. The lowest BCUT2D eigenvalue weighted by Gasteiger charge is -2.40.